The maximum Gasteiger partial charge on any atom is 0.480 e. The first-order valence-electron chi connectivity index (χ1n) is 15.7. The molecule has 6 rings (SSSR count). The lowest BCUT2D eigenvalue weighted by molar-refractivity contribution is 0.00551. The highest BCUT2D eigenvalue weighted by molar-refractivity contribution is 7.01. The van der Waals surface area contributed by atoms with Gasteiger partial charge in [0.15, 0.2) is 0 Å². The second-order valence-corrected chi connectivity index (χ2v) is 54.1. The summed E-state index contributed by atoms with van der Waals surface area (Å²) in [5.41, 5.74) is 0. The Labute approximate surface area is 310 Å². The Morgan fingerprint density at radius 1 is 0.176 bits per heavy atom. The molecular weight excluding hydrogens is 929 g/mol. The highest BCUT2D eigenvalue weighted by Crippen LogP contribution is 2.46. The van der Waals surface area contributed by atoms with Crippen LogP contribution in [0.3, 0.4) is 0 Å². The van der Waals surface area contributed by atoms with Crippen LogP contribution >= 0.6 is 0 Å². The quantitative estimate of drug-likeness (QED) is 0.219. The van der Waals surface area contributed by atoms with Gasteiger partial charge in [0.05, 0.1) is 0 Å². The average Bonchev–Trinajstić information content (AvgIpc) is 2.64. The van der Waals surface area contributed by atoms with Crippen LogP contribution in [0.25, 0.3) is 0 Å². The van der Waals surface area contributed by atoms with Crippen molar-refractivity contribution >= 4 is 123 Å². The third-order valence-corrected chi connectivity index (χ3v) is 63.7. The smallest absolute Gasteiger partial charge is 0.391 e. The van der Waals surface area contributed by atoms with Gasteiger partial charge in [-0.3, -0.25) is 0 Å². The molecule has 0 amide bonds. The predicted molar refractivity (Wildman–Crippen MR) is 192 cm³/mol. The second kappa shape index (κ2) is 12.3. The standard InChI is InChI=1S/C14H46O23Si14/c1-38(15)19-39(2,16)22-43(6)25-42(5,21-38)27-46(9)31-47(10,28-43)34-51(14)36-49(12)30-45(8)24-41(4,18)20-40(3,17)23-44(7,26-45)29-48(11,32-49)35-50(13,33-46)37-51/h15-18H,1-14H3/t38-,39+,40+,41-,42+,43-,44-,45+,46-,47+,48+,49-,50-,51+. The van der Waals surface area contributed by atoms with E-state index in [4.69, 9.17) is 78.2 Å². The SMILES string of the molecule is C[Si@]1(O)O[Si@@](C)(O)O[Si@@]2(C)O[Si@@](C)(O1)O[Si@@]1(C)O[Si@@](C)(O2)O[Si@]2(C)O[Si@@]3(C)O[Si@]4(C)O[Si@@](C)(O)O[Si@@](C)(O)O[Si@@](C)(O4)O[Si@](C)(O3)O[Si@](C)(O1)O2. The maximum absolute atomic E-state index is 11.1. The van der Waals surface area contributed by atoms with Gasteiger partial charge >= 0.3 is 123 Å². The van der Waals surface area contributed by atoms with Crippen LogP contribution in [0.4, 0.5) is 0 Å². The van der Waals surface area contributed by atoms with Crippen molar-refractivity contribution in [2.45, 2.75) is 91.7 Å². The van der Waals surface area contributed by atoms with Gasteiger partial charge in [-0.1, -0.05) is 0 Å². The Morgan fingerprint density at radius 2 is 0.275 bits per heavy atom. The van der Waals surface area contributed by atoms with Crippen LogP contribution < -0.4 is 0 Å². The van der Waals surface area contributed by atoms with E-state index in [0.717, 1.165) is 0 Å². The zero-order valence-corrected chi connectivity index (χ0v) is 44.5. The second-order valence-electron chi connectivity index (χ2n) is 14.2. The fraction of sp³-hybridized carbons (Fsp3) is 1.00. The summed E-state index contributed by atoms with van der Waals surface area (Å²) in [5, 5.41) is 0. The molecular formula is C14H46O23Si14. The summed E-state index contributed by atoms with van der Waals surface area (Å²) in [7, 11) is -58.0. The molecule has 37 heteroatoms. The van der Waals surface area contributed by atoms with Crippen molar-refractivity contribution in [3.8, 4) is 0 Å². The minimum atomic E-state index is -4.20. The molecule has 296 valence electrons. The Hall–Kier alpha value is 2.12. The summed E-state index contributed by atoms with van der Waals surface area (Å²) in [5.74, 6) is 0. The van der Waals surface area contributed by atoms with Crippen LogP contribution in [0.2, 0.25) is 91.7 Å². The molecule has 51 heavy (non-hydrogen) atoms. The van der Waals surface area contributed by atoms with Crippen LogP contribution in [-0.2, 0) is 78.2 Å². The van der Waals surface area contributed by atoms with Crippen LogP contribution in [0.1, 0.15) is 0 Å². The summed E-state index contributed by atoms with van der Waals surface area (Å²) in [6.07, 6.45) is 0. The summed E-state index contributed by atoms with van der Waals surface area (Å²) in [4.78, 5) is 44.5. The molecule has 6 heterocycles. The molecule has 0 saturated carbocycles. The number of rotatable bonds is 0. The van der Waals surface area contributed by atoms with Crippen molar-refractivity contribution in [2.24, 2.45) is 0 Å². The van der Waals surface area contributed by atoms with Crippen molar-refractivity contribution in [3.05, 3.63) is 0 Å². The Kier molecular flexibility index (Phi) is 10.3. The van der Waals surface area contributed by atoms with Gasteiger partial charge in [0, 0.05) is 91.7 Å². The highest BCUT2D eigenvalue weighted by atomic mass is 28.6. The third-order valence-electron chi connectivity index (χ3n) is 7.08. The lowest BCUT2D eigenvalue weighted by Gasteiger charge is -2.57. The van der Waals surface area contributed by atoms with Gasteiger partial charge in [-0.2, -0.15) is 0 Å². The van der Waals surface area contributed by atoms with E-state index in [2.05, 4.69) is 0 Å². The summed E-state index contributed by atoms with van der Waals surface area (Å²) >= 11 is 0. The average molecular weight is 976 g/mol. The molecule has 6 aliphatic rings. The molecule has 0 unspecified atom stereocenters. The van der Waals surface area contributed by atoms with Crippen molar-refractivity contribution in [2.75, 3.05) is 0 Å². The summed E-state index contributed by atoms with van der Waals surface area (Å²) in [6, 6.07) is 0. The van der Waals surface area contributed by atoms with E-state index in [1.54, 1.807) is 13.1 Å². The molecule has 23 nitrogen and oxygen atoms in total. The van der Waals surface area contributed by atoms with E-state index >= 15 is 0 Å². The molecule has 0 aromatic heterocycles. The molecule has 0 radical (unpaired) electrons. The number of hydrogen-bond donors (Lipinski definition) is 4. The summed E-state index contributed by atoms with van der Waals surface area (Å²) < 4.78 is 121. The molecule has 6 fully saturated rings. The van der Waals surface area contributed by atoms with Gasteiger partial charge in [0.2, 0.25) is 0 Å². The van der Waals surface area contributed by atoms with Crippen LogP contribution in [0.5, 0.6) is 0 Å². The molecule has 10 bridgehead atoms. The van der Waals surface area contributed by atoms with Gasteiger partial charge in [-0.15, -0.1) is 0 Å². The molecule has 0 aromatic carbocycles. The van der Waals surface area contributed by atoms with E-state index in [9.17, 15) is 19.2 Å². The normalized spacial score (nSPS) is 62.7. The fourth-order valence-electron chi connectivity index (χ4n) is 7.17. The summed E-state index contributed by atoms with van der Waals surface area (Å²) in [6.45, 7) is 20.3. The van der Waals surface area contributed by atoms with Crippen molar-refractivity contribution < 1.29 is 97.4 Å². The first-order chi connectivity index (χ1) is 22.4. The van der Waals surface area contributed by atoms with Crippen LogP contribution in [-0.4, -0.2) is 142 Å². The fourth-order valence-corrected chi connectivity index (χ4v) is 77.2. The lowest BCUT2D eigenvalue weighted by atomic mass is 11.9. The van der Waals surface area contributed by atoms with E-state index in [1.165, 1.54) is 78.6 Å². The Balaban J connectivity index is 1.47. The Morgan fingerprint density at radius 3 is 0.392 bits per heavy atom. The Bertz CT molecular complexity index is 1250. The van der Waals surface area contributed by atoms with Crippen molar-refractivity contribution in [3.63, 3.8) is 0 Å². The predicted octanol–water partition coefficient (Wildman–Crippen LogP) is -0.686. The van der Waals surface area contributed by atoms with E-state index in [0.29, 0.717) is 0 Å². The first-order valence-corrected chi connectivity index (χ1v) is 47.0. The minimum absolute atomic E-state index is 1.29. The van der Waals surface area contributed by atoms with E-state index in [1.807, 2.05) is 0 Å². The zero-order chi connectivity index (χ0) is 38.4. The third kappa shape index (κ3) is 9.71. The zero-order valence-electron chi connectivity index (χ0n) is 30.5. The molecule has 0 aliphatic carbocycles. The number of fused-ring (bicyclic) bond motifs is 10. The minimum Gasteiger partial charge on any atom is -0.391 e. The maximum atomic E-state index is 11.1. The van der Waals surface area contributed by atoms with Crippen LogP contribution in [0.15, 0.2) is 0 Å². The molecule has 0 aromatic rings. The topological polar surface area (TPSA) is 256 Å². The van der Waals surface area contributed by atoms with E-state index in [-0.39, 0.29) is 0 Å². The van der Waals surface area contributed by atoms with Gasteiger partial charge in [0.25, 0.3) is 0 Å². The van der Waals surface area contributed by atoms with Crippen molar-refractivity contribution in [1.29, 1.82) is 0 Å². The lowest BCUT2D eigenvalue weighted by Crippen LogP contribution is -2.83. The molecule has 14 atom stereocenters. The first kappa shape index (κ1) is 42.7. The number of hydrogen-bond acceptors (Lipinski definition) is 23. The van der Waals surface area contributed by atoms with Crippen LogP contribution in [0, 0.1) is 0 Å². The molecule has 0 spiro atoms. The van der Waals surface area contributed by atoms with Crippen molar-refractivity contribution in [1.82, 2.24) is 0 Å². The largest absolute Gasteiger partial charge is 0.480 e. The van der Waals surface area contributed by atoms with E-state index < -0.39 is 123 Å². The van der Waals surface area contributed by atoms with Gasteiger partial charge in [-0.25, -0.2) is 0 Å². The van der Waals surface area contributed by atoms with Gasteiger partial charge < -0.3 is 97.4 Å². The molecule has 6 saturated heterocycles. The van der Waals surface area contributed by atoms with Gasteiger partial charge in [-0.05, 0) is 0 Å². The highest BCUT2D eigenvalue weighted by Gasteiger charge is 2.76. The molecule has 6 aliphatic heterocycles. The van der Waals surface area contributed by atoms with Gasteiger partial charge in [0.1, 0.15) is 0 Å². The molecule has 4 N–H and O–H groups in total. The monoisotopic (exact) mass is 974 g/mol.